The number of allylic oxidation sites excluding steroid dienone is 3. The summed E-state index contributed by atoms with van der Waals surface area (Å²) in [5.41, 5.74) is 2.48. The molecule has 0 aliphatic heterocycles. The Labute approximate surface area is 81.2 Å². The Bertz CT molecular complexity index is 213. The lowest BCUT2D eigenvalue weighted by atomic mass is 9.82. The Morgan fingerprint density at radius 1 is 1.46 bits per heavy atom. The fourth-order valence-corrected chi connectivity index (χ4v) is 1.86. The summed E-state index contributed by atoms with van der Waals surface area (Å²) in [6, 6.07) is 0. The Morgan fingerprint density at radius 3 is 2.69 bits per heavy atom. The zero-order chi connectivity index (χ0) is 9.84. The second kappa shape index (κ2) is 4.61. The molecule has 0 saturated heterocycles. The molecule has 0 heterocycles. The lowest BCUT2D eigenvalue weighted by molar-refractivity contribution is 0.163. The van der Waals surface area contributed by atoms with Gasteiger partial charge in [0.1, 0.15) is 0 Å². The molecule has 74 valence electrons. The third-order valence-corrected chi connectivity index (χ3v) is 2.92. The van der Waals surface area contributed by atoms with Crippen LogP contribution in [-0.2, 0) is 0 Å². The zero-order valence-corrected chi connectivity index (χ0v) is 8.88. The van der Waals surface area contributed by atoms with Crippen molar-refractivity contribution in [3.63, 3.8) is 0 Å². The minimum Gasteiger partial charge on any atom is -0.389 e. The molecule has 1 nitrogen and oxygen atoms in total. The van der Waals surface area contributed by atoms with Gasteiger partial charge in [-0.05, 0) is 44.6 Å². The third-order valence-electron chi connectivity index (χ3n) is 2.92. The van der Waals surface area contributed by atoms with E-state index in [1.807, 2.05) is 6.92 Å². The number of aliphatic hydroxyl groups is 1. The van der Waals surface area contributed by atoms with Crippen molar-refractivity contribution >= 4 is 0 Å². The standard InChI is InChI=1S/C12H20O/c1-4-9(2)8-11-10(3)6-5-7-12(11)13/h4,8,10,12-13H,5-7H2,1-3H3/b9-4-,11-8+. The van der Waals surface area contributed by atoms with Gasteiger partial charge >= 0.3 is 0 Å². The molecule has 13 heavy (non-hydrogen) atoms. The van der Waals surface area contributed by atoms with E-state index in [1.165, 1.54) is 17.6 Å². The monoisotopic (exact) mass is 180 g/mol. The molecule has 2 unspecified atom stereocenters. The van der Waals surface area contributed by atoms with E-state index in [4.69, 9.17) is 0 Å². The van der Waals surface area contributed by atoms with Gasteiger partial charge in [0, 0.05) is 0 Å². The van der Waals surface area contributed by atoms with Crippen LogP contribution in [0, 0.1) is 5.92 Å². The SMILES string of the molecule is C/C=C(C)\C=C1/C(C)CCCC1O. The molecule has 0 aromatic carbocycles. The first-order valence-electron chi connectivity index (χ1n) is 5.17. The number of hydrogen-bond acceptors (Lipinski definition) is 1. The smallest absolute Gasteiger partial charge is 0.0755 e. The molecule has 1 fully saturated rings. The molecule has 1 aliphatic rings. The van der Waals surface area contributed by atoms with Crippen molar-refractivity contribution in [1.29, 1.82) is 0 Å². The van der Waals surface area contributed by atoms with Crippen LogP contribution >= 0.6 is 0 Å². The van der Waals surface area contributed by atoms with Crippen molar-refractivity contribution in [1.82, 2.24) is 0 Å². The summed E-state index contributed by atoms with van der Waals surface area (Å²) in [6.07, 6.45) is 7.36. The molecule has 0 aromatic heterocycles. The van der Waals surface area contributed by atoms with Crippen LogP contribution in [0.4, 0.5) is 0 Å². The molecule has 1 rings (SSSR count). The van der Waals surface area contributed by atoms with E-state index in [0.29, 0.717) is 5.92 Å². The van der Waals surface area contributed by atoms with Gasteiger partial charge in [-0.15, -0.1) is 0 Å². The highest BCUT2D eigenvalue weighted by atomic mass is 16.3. The van der Waals surface area contributed by atoms with Gasteiger partial charge in [0.2, 0.25) is 0 Å². The highest BCUT2D eigenvalue weighted by Crippen LogP contribution is 2.30. The first-order valence-corrected chi connectivity index (χ1v) is 5.17. The summed E-state index contributed by atoms with van der Waals surface area (Å²) in [5, 5.41) is 9.79. The first-order chi connectivity index (χ1) is 6.15. The second-order valence-electron chi connectivity index (χ2n) is 4.02. The number of rotatable bonds is 1. The summed E-state index contributed by atoms with van der Waals surface area (Å²) in [5.74, 6) is 0.554. The van der Waals surface area contributed by atoms with Gasteiger partial charge in [-0.25, -0.2) is 0 Å². The van der Waals surface area contributed by atoms with Gasteiger partial charge in [-0.1, -0.05) is 24.6 Å². The first kappa shape index (κ1) is 10.5. The van der Waals surface area contributed by atoms with Gasteiger partial charge in [-0.2, -0.15) is 0 Å². The lowest BCUT2D eigenvalue weighted by Gasteiger charge is -2.27. The predicted octanol–water partition coefficient (Wildman–Crippen LogP) is 3.06. The Kier molecular flexibility index (Phi) is 3.73. The minimum absolute atomic E-state index is 0.196. The number of hydrogen-bond donors (Lipinski definition) is 1. The van der Waals surface area contributed by atoms with Crippen LogP contribution in [0.3, 0.4) is 0 Å². The van der Waals surface area contributed by atoms with Crippen LogP contribution in [0.1, 0.15) is 40.0 Å². The maximum atomic E-state index is 9.79. The average Bonchev–Trinajstić information content (AvgIpc) is 2.11. The summed E-state index contributed by atoms with van der Waals surface area (Å²) in [6.45, 7) is 6.32. The molecule has 1 aliphatic carbocycles. The van der Waals surface area contributed by atoms with Crippen LogP contribution in [0.15, 0.2) is 23.3 Å². The topological polar surface area (TPSA) is 20.2 Å². The van der Waals surface area contributed by atoms with Crippen LogP contribution in [0.25, 0.3) is 0 Å². The summed E-state index contributed by atoms with van der Waals surface area (Å²) >= 11 is 0. The van der Waals surface area contributed by atoms with Gasteiger partial charge in [0.25, 0.3) is 0 Å². The second-order valence-corrected chi connectivity index (χ2v) is 4.02. The molecule has 0 radical (unpaired) electrons. The van der Waals surface area contributed by atoms with E-state index in [2.05, 4.69) is 26.0 Å². The largest absolute Gasteiger partial charge is 0.389 e. The van der Waals surface area contributed by atoms with E-state index >= 15 is 0 Å². The summed E-state index contributed by atoms with van der Waals surface area (Å²) in [4.78, 5) is 0. The molecule has 0 spiro atoms. The lowest BCUT2D eigenvalue weighted by Crippen LogP contribution is -2.21. The maximum Gasteiger partial charge on any atom is 0.0755 e. The molecule has 0 aromatic rings. The van der Waals surface area contributed by atoms with Crippen molar-refractivity contribution in [2.45, 2.75) is 46.1 Å². The van der Waals surface area contributed by atoms with Crippen LogP contribution in [0.2, 0.25) is 0 Å². The molecular weight excluding hydrogens is 160 g/mol. The Hall–Kier alpha value is -0.560. The number of aliphatic hydroxyl groups excluding tert-OH is 1. The summed E-state index contributed by atoms with van der Waals surface area (Å²) in [7, 11) is 0. The molecular formula is C12H20O. The summed E-state index contributed by atoms with van der Waals surface area (Å²) < 4.78 is 0. The molecule has 2 atom stereocenters. The van der Waals surface area contributed by atoms with Crippen LogP contribution in [0.5, 0.6) is 0 Å². The van der Waals surface area contributed by atoms with Crippen LogP contribution in [-0.4, -0.2) is 11.2 Å². The van der Waals surface area contributed by atoms with Crippen molar-refractivity contribution in [3.8, 4) is 0 Å². The molecule has 1 saturated carbocycles. The zero-order valence-electron chi connectivity index (χ0n) is 8.88. The predicted molar refractivity (Wildman–Crippen MR) is 56.5 cm³/mol. The van der Waals surface area contributed by atoms with Crippen molar-refractivity contribution in [2.75, 3.05) is 0 Å². The quantitative estimate of drug-likeness (QED) is 0.657. The van der Waals surface area contributed by atoms with E-state index in [0.717, 1.165) is 12.8 Å². The van der Waals surface area contributed by atoms with E-state index in [9.17, 15) is 5.11 Å². The fourth-order valence-electron chi connectivity index (χ4n) is 1.86. The van der Waals surface area contributed by atoms with Gasteiger partial charge < -0.3 is 5.11 Å². The average molecular weight is 180 g/mol. The molecule has 1 N–H and O–H groups in total. The highest BCUT2D eigenvalue weighted by Gasteiger charge is 2.21. The van der Waals surface area contributed by atoms with Gasteiger partial charge in [-0.3, -0.25) is 0 Å². The maximum absolute atomic E-state index is 9.79. The van der Waals surface area contributed by atoms with Crippen LogP contribution < -0.4 is 0 Å². The minimum atomic E-state index is -0.196. The van der Waals surface area contributed by atoms with Crippen molar-refractivity contribution in [3.05, 3.63) is 23.3 Å². The van der Waals surface area contributed by atoms with E-state index in [1.54, 1.807) is 0 Å². The van der Waals surface area contributed by atoms with E-state index < -0.39 is 0 Å². The van der Waals surface area contributed by atoms with Gasteiger partial charge in [0.05, 0.1) is 6.10 Å². The Balaban J connectivity index is 2.79. The van der Waals surface area contributed by atoms with Gasteiger partial charge in [0.15, 0.2) is 0 Å². The third kappa shape index (κ3) is 2.70. The Morgan fingerprint density at radius 2 is 2.15 bits per heavy atom. The van der Waals surface area contributed by atoms with Crippen molar-refractivity contribution < 1.29 is 5.11 Å². The highest BCUT2D eigenvalue weighted by molar-refractivity contribution is 5.26. The fraction of sp³-hybridized carbons (Fsp3) is 0.667. The van der Waals surface area contributed by atoms with E-state index in [-0.39, 0.29) is 6.10 Å². The molecule has 1 heteroatoms. The normalized spacial score (nSPS) is 33.8. The van der Waals surface area contributed by atoms with Crippen molar-refractivity contribution in [2.24, 2.45) is 5.92 Å². The molecule has 0 amide bonds. The molecule has 0 bridgehead atoms.